The van der Waals surface area contributed by atoms with Gasteiger partial charge in [-0.25, -0.2) is 4.98 Å². The van der Waals surface area contributed by atoms with Crippen LogP contribution in [0.5, 0.6) is 5.75 Å². The predicted octanol–water partition coefficient (Wildman–Crippen LogP) is 3.46. The van der Waals surface area contributed by atoms with Gasteiger partial charge in [0.1, 0.15) is 16.6 Å². The molecule has 2 N–H and O–H groups in total. The zero-order valence-electron chi connectivity index (χ0n) is 29.3. The lowest BCUT2D eigenvalue weighted by molar-refractivity contribution is -0.00716. The molecule has 17 heteroatoms. The zero-order chi connectivity index (χ0) is 36.5. The van der Waals surface area contributed by atoms with Crippen molar-refractivity contribution in [3.05, 3.63) is 64.8 Å². The largest absolute Gasteiger partial charge is 0.495 e. The van der Waals surface area contributed by atoms with Crippen LogP contribution in [-0.2, 0) is 33.2 Å². The highest BCUT2D eigenvalue weighted by atomic mass is 35.5. The molecule has 0 saturated carbocycles. The van der Waals surface area contributed by atoms with Crippen molar-refractivity contribution < 1.29 is 41.1 Å². The van der Waals surface area contributed by atoms with E-state index in [1.807, 2.05) is 11.8 Å². The highest BCUT2D eigenvalue weighted by Crippen LogP contribution is 2.29. The molecule has 0 spiro atoms. The van der Waals surface area contributed by atoms with Crippen LogP contribution in [0.15, 0.2) is 53.6 Å². The van der Waals surface area contributed by atoms with Gasteiger partial charge in [0.25, 0.3) is 16.0 Å². The number of carbonyl (C=O) groups is 1. The molecule has 0 radical (unpaired) electrons. The lowest BCUT2D eigenvalue weighted by Crippen LogP contribution is -2.49. The number of nitrogens with zero attached hydrogens (tertiary/aromatic N) is 4. The lowest BCUT2D eigenvalue weighted by atomic mass is 10.1. The van der Waals surface area contributed by atoms with E-state index in [4.69, 9.17) is 39.5 Å². The van der Waals surface area contributed by atoms with Crippen molar-refractivity contribution >= 4 is 45.1 Å². The molecule has 2 heterocycles. The number of aryl methyl sites for hydroxylation is 1. The minimum Gasteiger partial charge on any atom is -0.495 e. The summed E-state index contributed by atoms with van der Waals surface area (Å²) in [5.74, 6) is 1.28. The predicted molar refractivity (Wildman–Crippen MR) is 193 cm³/mol. The van der Waals surface area contributed by atoms with Gasteiger partial charge in [-0.15, -0.1) is 0 Å². The first kappa shape index (κ1) is 40.2. The number of hydrogen-bond acceptors (Lipinski definition) is 14. The normalized spacial score (nSPS) is 13.7. The van der Waals surface area contributed by atoms with Crippen molar-refractivity contribution in [2.75, 3.05) is 117 Å². The van der Waals surface area contributed by atoms with E-state index in [1.54, 1.807) is 44.5 Å². The summed E-state index contributed by atoms with van der Waals surface area (Å²) in [7, 11) is -0.521. The maximum Gasteiger partial charge on any atom is 0.297 e. The molecule has 1 amide bonds. The van der Waals surface area contributed by atoms with E-state index in [-0.39, 0.29) is 24.0 Å². The fraction of sp³-hybridized carbons (Fsp3) is 0.500. The molecule has 1 aliphatic rings. The first-order valence-corrected chi connectivity index (χ1v) is 18.4. The van der Waals surface area contributed by atoms with Gasteiger partial charge in [0.2, 0.25) is 5.95 Å². The smallest absolute Gasteiger partial charge is 0.297 e. The molecule has 15 nitrogen and oxygen atoms in total. The maximum atomic E-state index is 13.2. The molecule has 3 aromatic rings. The van der Waals surface area contributed by atoms with Crippen LogP contribution in [0.1, 0.15) is 15.9 Å². The van der Waals surface area contributed by atoms with Gasteiger partial charge in [-0.1, -0.05) is 29.3 Å². The quantitative estimate of drug-likeness (QED) is 0.113. The van der Waals surface area contributed by atoms with Gasteiger partial charge < -0.3 is 39.2 Å². The number of benzene rings is 2. The Hall–Kier alpha value is -3.61. The number of amides is 1. The van der Waals surface area contributed by atoms with Crippen LogP contribution in [-0.4, -0.2) is 140 Å². The SMILES string of the molecule is CNc1nc(Nc2ccc(C(=O)N3CCN(CCOCCOCCOCCOCCOS(=O)(=O)c4ccc(C)cc4)CC3)cc2OC)ncc1Cl. The molecule has 2 aromatic carbocycles. The molecule has 1 saturated heterocycles. The molecule has 0 aliphatic carbocycles. The van der Waals surface area contributed by atoms with Gasteiger partial charge in [0, 0.05) is 45.3 Å². The average Bonchev–Trinajstić information content (AvgIpc) is 3.14. The maximum absolute atomic E-state index is 13.2. The van der Waals surface area contributed by atoms with E-state index in [9.17, 15) is 13.2 Å². The molecular weight excluding hydrogens is 704 g/mol. The number of methoxy groups -OCH3 is 1. The third kappa shape index (κ3) is 13.1. The van der Waals surface area contributed by atoms with Crippen molar-refractivity contribution in [3.63, 3.8) is 0 Å². The molecule has 280 valence electrons. The molecule has 1 aromatic heterocycles. The van der Waals surface area contributed by atoms with Crippen LogP contribution in [0, 0.1) is 6.92 Å². The Balaban J connectivity index is 0.993. The van der Waals surface area contributed by atoms with Crippen molar-refractivity contribution in [3.8, 4) is 5.75 Å². The number of carbonyl (C=O) groups excluding carboxylic acids is 1. The fourth-order valence-electron chi connectivity index (χ4n) is 4.94. The van der Waals surface area contributed by atoms with Crippen molar-refractivity contribution in [2.45, 2.75) is 11.8 Å². The summed E-state index contributed by atoms with van der Waals surface area (Å²) in [6.07, 6.45) is 1.50. The average molecular weight is 751 g/mol. The summed E-state index contributed by atoms with van der Waals surface area (Å²) >= 11 is 6.08. The minimum absolute atomic E-state index is 0.0542. The monoisotopic (exact) mass is 750 g/mol. The summed E-state index contributed by atoms with van der Waals surface area (Å²) in [6.45, 7) is 8.48. The van der Waals surface area contributed by atoms with Gasteiger partial charge in [-0.3, -0.25) is 13.9 Å². The summed E-state index contributed by atoms with van der Waals surface area (Å²) in [5, 5.41) is 6.44. The van der Waals surface area contributed by atoms with Gasteiger partial charge in [0.05, 0.1) is 83.4 Å². The second-order valence-corrected chi connectivity index (χ2v) is 13.4. The van der Waals surface area contributed by atoms with Gasteiger partial charge in [-0.05, 0) is 37.3 Å². The van der Waals surface area contributed by atoms with Gasteiger partial charge >= 0.3 is 0 Å². The topological polar surface area (TPSA) is 163 Å². The Morgan fingerprint density at radius 3 is 2.08 bits per heavy atom. The fourth-order valence-corrected chi connectivity index (χ4v) is 6.02. The molecule has 4 rings (SSSR count). The van der Waals surface area contributed by atoms with Crippen LogP contribution >= 0.6 is 11.6 Å². The zero-order valence-corrected chi connectivity index (χ0v) is 30.8. The standard InChI is InChI=1S/C34H47ClN6O9S/c1-26-4-7-28(8-5-26)51(43,44)50-23-22-49-21-20-48-19-18-47-17-16-46-15-14-40-10-12-41(13-11-40)33(42)27-6-9-30(31(24-27)45-3)38-34-37-25-29(35)32(36-2)39-34/h4-9,24-25H,10-23H2,1-3H3,(H2,36,37,38,39). The summed E-state index contributed by atoms with van der Waals surface area (Å²) in [5.41, 5.74) is 2.13. The second-order valence-electron chi connectivity index (χ2n) is 11.4. The molecule has 0 bridgehead atoms. The van der Waals surface area contributed by atoms with E-state index in [0.717, 1.165) is 25.2 Å². The van der Waals surface area contributed by atoms with E-state index >= 15 is 0 Å². The van der Waals surface area contributed by atoms with E-state index < -0.39 is 10.1 Å². The van der Waals surface area contributed by atoms with Gasteiger partial charge in [0.15, 0.2) is 0 Å². The van der Waals surface area contributed by atoms with Crippen molar-refractivity contribution in [1.82, 2.24) is 19.8 Å². The lowest BCUT2D eigenvalue weighted by Gasteiger charge is -2.34. The first-order valence-electron chi connectivity index (χ1n) is 16.6. The second kappa shape index (κ2) is 21.0. The highest BCUT2D eigenvalue weighted by molar-refractivity contribution is 7.86. The summed E-state index contributed by atoms with van der Waals surface area (Å²) in [6, 6.07) is 11.7. The van der Waals surface area contributed by atoms with Crippen LogP contribution in [0.3, 0.4) is 0 Å². The molecule has 51 heavy (non-hydrogen) atoms. The van der Waals surface area contributed by atoms with Crippen LogP contribution in [0.4, 0.5) is 17.5 Å². The number of ether oxygens (including phenoxy) is 5. The highest BCUT2D eigenvalue weighted by Gasteiger charge is 2.23. The number of halogens is 1. The Bertz CT molecular complexity index is 1630. The van der Waals surface area contributed by atoms with E-state index in [0.29, 0.717) is 93.1 Å². The van der Waals surface area contributed by atoms with Crippen molar-refractivity contribution in [2.24, 2.45) is 0 Å². The number of anilines is 3. The third-order valence-corrected chi connectivity index (χ3v) is 9.38. The van der Waals surface area contributed by atoms with Crippen LogP contribution < -0.4 is 15.4 Å². The van der Waals surface area contributed by atoms with E-state index in [1.165, 1.54) is 18.3 Å². The molecule has 0 atom stereocenters. The van der Waals surface area contributed by atoms with Gasteiger partial charge in [-0.2, -0.15) is 13.4 Å². The first-order chi connectivity index (χ1) is 24.7. The Kier molecular flexibility index (Phi) is 16.6. The third-order valence-electron chi connectivity index (χ3n) is 7.78. The molecule has 1 aliphatic heterocycles. The summed E-state index contributed by atoms with van der Waals surface area (Å²) < 4.78 is 56.9. The number of rotatable bonds is 22. The molecule has 0 unspecified atom stereocenters. The Morgan fingerprint density at radius 1 is 0.863 bits per heavy atom. The Labute approximate surface area is 304 Å². The summed E-state index contributed by atoms with van der Waals surface area (Å²) in [4.78, 5) is 26.0. The van der Waals surface area contributed by atoms with Crippen LogP contribution in [0.2, 0.25) is 5.02 Å². The molecule has 1 fully saturated rings. The minimum atomic E-state index is -3.79. The van der Waals surface area contributed by atoms with Crippen molar-refractivity contribution in [1.29, 1.82) is 0 Å². The van der Waals surface area contributed by atoms with E-state index in [2.05, 4.69) is 25.5 Å². The molecular formula is C34H47ClN6O9S. The Morgan fingerprint density at radius 2 is 1.47 bits per heavy atom. The number of nitrogens with one attached hydrogen (secondary N) is 2. The number of hydrogen-bond donors (Lipinski definition) is 2. The number of piperazine rings is 1. The number of aromatic nitrogens is 2. The van der Waals surface area contributed by atoms with Crippen LogP contribution in [0.25, 0.3) is 0 Å².